The summed E-state index contributed by atoms with van der Waals surface area (Å²) in [6.07, 6.45) is 0. The van der Waals surface area contributed by atoms with Gasteiger partial charge in [0.1, 0.15) is 5.75 Å². The zero-order chi connectivity index (χ0) is 17.7. The Morgan fingerprint density at radius 3 is 2.46 bits per heavy atom. The highest BCUT2D eigenvalue weighted by atomic mass is 16.6. The number of aryl methyl sites for hydroxylation is 1. The van der Waals surface area contributed by atoms with Crippen molar-refractivity contribution in [3.05, 3.63) is 63.7 Å². The van der Waals surface area contributed by atoms with E-state index in [1.807, 2.05) is 19.1 Å². The summed E-state index contributed by atoms with van der Waals surface area (Å²) in [7, 11) is 0. The van der Waals surface area contributed by atoms with E-state index in [4.69, 9.17) is 9.84 Å². The normalized spacial score (nSPS) is 10.0. The minimum atomic E-state index is -1.31. The fourth-order valence-electron chi connectivity index (χ4n) is 1.91. The number of amides is 1. The van der Waals surface area contributed by atoms with E-state index in [1.54, 1.807) is 12.1 Å². The van der Waals surface area contributed by atoms with E-state index in [1.165, 1.54) is 0 Å². The maximum absolute atomic E-state index is 11.9. The number of carbonyl (C=O) groups is 2. The lowest BCUT2D eigenvalue weighted by Crippen LogP contribution is -2.21. The molecule has 2 aromatic carbocycles. The maximum atomic E-state index is 11.9. The molecule has 2 aromatic rings. The molecule has 0 bridgehead atoms. The third kappa shape index (κ3) is 4.29. The van der Waals surface area contributed by atoms with Crippen molar-refractivity contribution in [1.29, 1.82) is 0 Å². The number of benzene rings is 2. The number of nitrogens with zero attached hydrogens (tertiary/aromatic N) is 1. The molecule has 0 spiro atoms. The number of anilines is 1. The summed E-state index contributed by atoms with van der Waals surface area (Å²) in [6.45, 7) is 1.55. The molecule has 0 saturated heterocycles. The van der Waals surface area contributed by atoms with Gasteiger partial charge in [-0.1, -0.05) is 17.7 Å². The molecule has 0 saturated carbocycles. The Balaban J connectivity index is 2.09. The quantitative estimate of drug-likeness (QED) is 0.621. The molecular weight excluding hydrogens is 316 g/mol. The Kier molecular flexibility index (Phi) is 5.10. The SMILES string of the molecule is Cc1ccc(OCC(=O)Nc2cc([N+](=O)[O-])ccc2C(=O)O)cc1. The number of aromatic carboxylic acids is 1. The molecule has 0 fully saturated rings. The number of nitrogens with one attached hydrogen (secondary N) is 1. The zero-order valence-corrected chi connectivity index (χ0v) is 12.7. The molecule has 0 aliphatic carbocycles. The molecule has 24 heavy (non-hydrogen) atoms. The molecule has 0 atom stereocenters. The van der Waals surface area contributed by atoms with Crippen molar-refractivity contribution in [3.63, 3.8) is 0 Å². The molecule has 8 heteroatoms. The van der Waals surface area contributed by atoms with Crippen LogP contribution in [0.5, 0.6) is 5.75 Å². The van der Waals surface area contributed by atoms with Crippen LogP contribution >= 0.6 is 0 Å². The van der Waals surface area contributed by atoms with Crippen molar-refractivity contribution in [2.45, 2.75) is 6.92 Å². The van der Waals surface area contributed by atoms with E-state index in [-0.39, 0.29) is 23.5 Å². The van der Waals surface area contributed by atoms with Crippen LogP contribution in [0, 0.1) is 17.0 Å². The first-order valence-corrected chi connectivity index (χ1v) is 6.88. The van der Waals surface area contributed by atoms with Crippen molar-refractivity contribution in [2.75, 3.05) is 11.9 Å². The van der Waals surface area contributed by atoms with Crippen LogP contribution in [0.4, 0.5) is 11.4 Å². The molecule has 1 amide bonds. The third-order valence-electron chi connectivity index (χ3n) is 3.11. The topological polar surface area (TPSA) is 119 Å². The predicted molar refractivity (Wildman–Crippen MR) is 85.4 cm³/mol. The Bertz CT molecular complexity index is 786. The van der Waals surface area contributed by atoms with Gasteiger partial charge in [0, 0.05) is 12.1 Å². The van der Waals surface area contributed by atoms with Crippen molar-refractivity contribution >= 4 is 23.3 Å². The van der Waals surface area contributed by atoms with Gasteiger partial charge in [-0.15, -0.1) is 0 Å². The van der Waals surface area contributed by atoms with Crippen LogP contribution < -0.4 is 10.1 Å². The van der Waals surface area contributed by atoms with Crippen LogP contribution in [0.3, 0.4) is 0 Å². The smallest absolute Gasteiger partial charge is 0.337 e. The number of ether oxygens (including phenoxy) is 1. The van der Waals surface area contributed by atoms with E-state index in [0.29, 0.717) is 5.75 Å². The molecule has 0 aliphatic rings. The highest BCUT2D eigenvalue weighted by Gasteiger charge is 2.17. The fourth-order valence-corrected chi connectivity index (χ4v) is 1.91. The molecule has 0 radical (unpaired) electrons. The number of non-ortho nitro benzene ring substituents is 1. The number of carboxylic acids is 1. The Morgan fingerprint density at radius 1 is 1.21 bits per heavy atom. The van der Waals surface area contributed by atoms with E-state index < -0.39 is 16.8 Å². The summed E-state index contributed by atoms with van der Waals surface area (Å²) in [6, 6.07) is 10.1. The van der Waals surface area contributed by atoms with E-state index in [9.17, 15) is 19.7 Å². The summed E-state index contributed by atoms with van der Waals surface area (Å²) in [5.41, 5.74) is 0.308. The standard InChI is InChI=1S/C16H14N2O6/c1-10-2-5-12(6-3-10)24-9-15(19)17-14-8-11(18(22)23)4-7-13(14)16(20)21/h2-8H,9H2,1H3,(H,17,19)(H,20,21). The second-order valence-electron chi connectivity index (χ2n) is 4.94. The van der Waals surface area contributed by atoms with Gasteiger partial charge in [-0.3, -0.25) is 14.9 Å². The summed E-state index contributed by atoms with van der Waals surface area (Å²) in [4.78, 5) is 33.2. The number of rotatable bonds is 6. The number of carboxylic acid groups (broad SMARTS) is 1. The van der Waals surface area contributed by atoms with Gasteiger partial charge in [-0.05, 0) is 25.1 Å². The molecule has 0 aliphatic heterocycles. The summed E-state index contributed by atoms with van der Waals surface area (Å²) in [5.74, 6) is -1.45. The van der Waals surface area contributed by atoms with Gasteiger partial charge in [0.05, 0.1) is 16.2 Å². The first-order chi connectivity index (χ1) is 11.4. The zero-order valence-electron chi connectivity index (χ0n) is 12.7. The van der Waals surface area contributed by atoms with Gasteiger partial charge in [-0.2, -0.15) is 0 Å². The lowest BCUT2D eigenvalue weighted by atomic mass is 10.1. The highest BCUT2D eigenvalue weighted by molar-refractivity contribution is 6.01. The van der Waals surface area contributed by atoms with Crippen LogP contribution in [0.15, 0.2) is 42.5 Å². The second kappa shape index (κ2) is 7.23. The van der Waals surface area contributed by atoms with Crippen LogP contribution in [0.25, 0.3) is 0 Å². The summed E-state index contributed by atoms with van der Waals surface area (Å²) in [5, 5.41) is 22.2. The van der Waals surface area contributed by atoms with Gasteiger partial charge in [0.25, 0.3) is 11.6 Å². The van der Waals surface area contributed by atoms with Crippen molar-refractivity contribution in [2.24, 2.45) is 0 Å². The molecule has 8 nitrogen and oxygen atoms in total. The molecule has 0 aromatic heterocycles. The fraction of sp³-hybridized carbons (Fsp3) is 0.125. The van der Waals surface area contributed by atoms with Crippen LogP contribution in [0.1, 0.15) is 15.9 Å². The average Bonchev–Trinajstić information content (AvgIpc) is 2.54. The first kappa shape index (κ1) is 16.9. The summed E-state index contributed by atoms with van der Waals surface area (Å²) >= 11 is 0. The van der Waals surface area contributed by atoms with Crippen LogP contribution in [-0.2, 0) is 4.79 Å². The number of carbonyl (C=O) groups excluding carboxylic acids is 1. The Labute approximate surface area is 136 Å². The molecular formula is C16H14N2O6. The number of hydrogen-bond acceptors (Lipinski definition) is 5. The largest absolute Gasteiger partial charge is 0.484 e. The number of hydrogen-bond donors (Lipinski definition) is 2. The minimum absolute atomic E-state index is 0.158. The third-order valence-corrected chi connectivity index (χ3v) is 3.11. The van der Waals surface area contributed by atoms with Gasteiger partial charge in [0.15, 0.2) is 6.61 Å². The molecule has 0 heterocycles. The number of nitro benzene ring substituents is 1. The van der Waals surface area contributed by atoms with Gasteiger partial charge in [0.2, 0.25) is 0 Å². The van der Waals surface area contributed by atoms with Gasteiger partial charge in [-0.25, -0.2) is 4.79 Å². The second-order valence-corrected chi connectivity index (χ2v) is 4.94. The predicted octanol–water partition coefficient (Wildman–Crippen LogP) is 2.62. The highest BCUT2D eigenvalue weighted by Crippen LogP contribution is 2.22. The minimum Gasteiger partial charge on any atom is -0.484 e. The summed E-state index contributed by atoms with van der Waals surface area (Å²) < 4.78 is 5.28. The molecule has 0 unspecified atom stereocenters. The van der Waals surface area contributed by atoms with E-state index in [2.05, 4.69) is 5.32 Å². The first-order valence-electron chi connectivity index (χ1n) is 6.88. The Hall–Kier alpha value is -3.42. The number of nitro groups is 1. The van der Waals surface area contributed by atoms with Gasteiger partial charge >= 0.3 is 5.97 Å². The van der Waals surface area contributed by atoms with Gasteiger partial charge < -0.3 is 15.2 Å². The van der Waals surface area contributed by atoms with E-state index in [0.717, 1.165) is 23.8 Å². The van der Waals surface area contributed by atoms with Crippen LogP contribution in [0.2, 0.25) is 0 Å². The van der Waals surface area contributed by atoms with Crippen molar-refractivity contribution in [1.82, 2.24) is 0 Å². The maximum Gasteiger partial charge on any atom is 0.337 e. The van der Waals surface area contributed by atoms with Crippen molar-refractivity contribution < 1.29 is 24.4 Å². The molecule has 124 valence electrons. The van der Waals surface area contributed by atoms with E-state index >= 15 is 0 Å². The lowest BCUT2D eigenvalue weighted by Gasteiger charge is -2.10. The molecule has 2 rings (SSSR count). The average molecular weight is 330 g/mol. The van der Waals surface area contributed by atoms with Crippen molar-refractivity contribution in [3.8, 4) is 5.75 Å². The Morgan fingerprint density at radius 2 is 1.88 bits per heavy atom. The lowest BCUT2D eigenvalue weighted by molar-refractivity contribution is -0.384. The molecule has 2 N–H and O–H groups in total. The van der Waals surface area contributed by atoms with Crippen LogP contribution in [-0.4, -0.2) is 28.5 Å². The monoisotopic (exact) mass is 330 g/mol.